The molecule has 104 valence electrons. The fourth-order valence-electron chi connectivity index (χ4n) is 1.87. The lowest BCUT2D eigenvalue weighted by Gasteiger charge is -2.17. The van der Waals surface area contributed by atoms with Gasteiger partial charge in [0.15, 0.2) is 0 Å². The zero-order valence-electron chi connectivity index (χ0n) is 10.8. The fourth-order valence-corrected chi connectivity index (χ4v) is 2.36. The molecule has 3 nitrogen and oxygen atoms in total. The van der Waals surface area contributed by atoms with Crippen molar-refractivity contribution >= 4 is 29.1 Å². The minimum atomic E-state index is -0.841. The van der Waals surface area contributed by atoms with E-state index in [1.54, 1.807) is 11.9 Å². The zero-order chi connectivity index (χ0) is 13.9. The molecule has 0 bridgehead atoms. The second-order valence-electron chi connectivity index (χ2n) is 4.79. The molecule has 0 aliphatic heterocycles. The molecular formula is C14H17Cl2NO2. The topological polar surface area (TPSA) is 29.5 Å². The van der Waals surface area contributed by atoms with Gasteiger partial charge in [0, 0.05) is 13.6 Å². The minimum absolute atomic E-state index is 0.0183. The Labute approximate surface area is 123 Å². The number of hydrogen-bond acceptors (Lipinski definition) is 2. The van der Waals surface area contributed by atoms with Gasteiger partial charge in [-0.05, 0) is 25.0 Å². The number of halogens is 2. The summed E-state index contributed by atoms with van der Waals surface area (Å²) in [6.07, 6.45) is 1.33. The van der Waals surface area contributed by atoms with Crippen LogP contribution in [0, 0.1) is 5.92 Å². The molecule has 5 heteroatoms. The SMILES string of the molecule is CN(CCCOc1ccccc1)C(=O)C1CC1(Cl)Cl. The van der Waals surface area contributed by atoms with Crippen molar-refractivity contribution in [1.82, 2.24) is 4.90 Å². The molecule has 0 radical (unpaired) electrons. The first-order valence-corrected chi connectivity index (χ1v) is 7.07. The zero-order valence-corrected chi connectivity index (χ0v) is 12.3. The van der Waals surface area contributed by atoms with Crippen molar-refractivity contribution < 1.29 is 9.53 Å². The van der Waals surface area contributed by atoms with Crippen LogP contribution in [0.25, 0.3) is 0 Å². The molecule has 1 aromatic rings. The second-order valence-corrected chi connectivity index (χ2v) is 6.33. The summed E-state index contributed by atoms with van der Waals surface area (Å²) in [5.41, 5.74) is 0. The summed E-state index contributed by atoms with van der Waals surface area (Å²) in [6, 6.07) is 9.62. The predicted octanol–water partition coefficient (Wildman–Crippen LogP) is 3.11. The molecule has 0 aromatic heterocycles. The standard InChI is InChI=1S/C14H17Cl2NO2/c1-17(13(18)12-10-14(12,15)16)8-5-9-19-11-6-3-2-4-7-11/h2-4,6-7,12H,5,8-10H2,1H3. The summed E-state index contributed by atoms with van der Waals surface area (Å²) in [5.74, 6) is 0.625. The van der Waals surface area contributed by atoms with Crippen molar-refractivity contribution in [3.05, 3.63) is 30.3 Å². The van der Waals surface area contributed by atoms with E-state index >= 15 is 0 Å². The maximum atomic E-state index is 11.9. The Hall–Kier alpha value is -0.930. The smallest absolute Gasteiger partial charge is 0.228 e. The van der Waals surface area contributed by atoms with E-state index in [2.05, 4.69) is 0 Å². The van der Waals surface area contributed by atoms with Gasteiger partial charge in [0.1, 0.15) is 10.1 Å². The summed E-state index contributed by atoms with van der Waals surface area (Å²) < 4.78 is 4.72. The number of carbonyl (C=O) groups is 1. The highest BCUT2D eigenvalue weighted by Crippen LogP contribution is 2.53. The van der Waals surface area contributed by atoms with E-state index in [0.29, 0.717) is 19.6 Å². The van der Waals surface area contributed by atoms with Crippen molar-refractivity contribution in [2.24, 2.45) is 5.92 Å². The highest BCUT2D eigenvalue weighted by atomic mass is 35.5. The number of rotatable bonds is 6. The third-order valence-corrected chi connectivity index (χ3v) is 3.99. The number of hydrogen-bond donors (Lipinski definition) is 0. The van der Waals surface area contributed by atoms with E-state index in [4.69, 9.17) is 27.9 Å². The molecule has 1 aliphatic carbocycles. The summed E-state index contributed by atoms with van der Waals surface area (Å²) in [5, 5.41) is 0. The molecule has 2 rings (SSSR count). The molecule has 1 amide bonds. The lowest BCUT2D eigenvalue weighted by atomic mass is 10.3. The first kappa shape index (κ1) is 14.5. The largest absolute Gasteiger partial charge is 0.494 e. The van der Waals surface area contributed by atoms with E-state index in [0.717, 1.165) is 12.2 Å². The third-order valence-electron chi connectivity index (χ3n) is 3.15. The van der Waals surface area contributed by atoms with Crippen LogP contribution in [0.3, 0.4) is 0 Å². The van der Waals surface area contributed by atoms with Crippen molar-refractivity contribution in [2.45, 2.75) is 17.2 Å². The van der Waals surface area contributed by atoms with Gasteiger partial charge in [-0.2, -0.15) is 0 Å². The van der Waals surface area contributed by atoms with Crippen LogP contribution in [-0.4, -0.2) is 35.3 Å². The summed E-state index contributed by atoms with van der Waals surface area (Å²) in [4.78, 5) is 13.6. The normalized spacial score (nSPS) is 19.8. The van der Waals surface area contributed by atoms with Crippen molar-refractivity contribution in [3.8, 4) is 5.75 Å². The Bertz CT molecular complexity index is 436. The first-order chi connectivity index (χ1) is 9.00. The van der Waals surface area contributed by atoms with E-state index in [9.17, 15) is 4.79 Å². The van der Waals surface area contributed by atoms with Gasteiger partial charge in [-0.1, -0.05) is 18.2 Å². The molecule has 1 unspecified atom stereocenters. The Balaban J connectivity index is 1.64. The van der Waals surface area contributed by atoms with Gasteiger partial charge in [0.25, 0.3) is 0 Å². The van der Waals surface area contributed by atoms with Crippen LogP contribution < -0.4 is 4.74 Å². The van der Waals surface area contributed by atoms with Crippen molar-refractivity contribution in [3.63, 3.8) is 0 Å². The molecule has 0 heterocycles. The van der Waals surface area contributed by atoms with Crippen LogP contribution in [-0.2, 0) is 4.79 Å². The number of ether oxygens (including phenoxy) is 1. The van der Waals surface area contributed by atoms with Crippen molar-refractivity contribution in [2.75, 3.05) is 20.2 Å². The molecule has 1 fully saturated rings. The van der Waals surface area contributed by atoms with E-state index in [1.165, 1.54) is 0 Å². The number of amides is 1. The molecule has 1 aromatic carbocycles. The van der Waals surface area contributed by atoms with Crippen LogP contribution in [0.4, 0.5) is 0 Å². The maximum Gasteiger partial charge on any atom is 0.228 e. The number of para-hydroxylation sites is 1. The Morgan fingerprint density at radius 3 is 2.63 bits per heavy atom. The lowest BCUT2D eigenvalue weighted by molar-refractivity contribution is -0.131. The molecular weight excluding hydrogens is 285 g/mol. The Morgan fingerprint density at radius 2 is 2.05 bits per heavy atom. The lowest BCUT2D eigenvalue weighted by Crippen LogP contribution is -2.31. The molecule has 1 saturated carbocycles. The Morgan fingerprint density at radius 1 is 1.42 bits per heavy atom. The Kier molecular flexibility index (Phi) is 4.58. The average Bonchev–Trinajstić information content (AvgIpc) is 3.04. The number of carbonyl (C=O) groups excluding carboxylic acids is 1. The quantitative estimate of drug-likeness (QED) is 0.597. The highest BCUT2D eigenvalue weighted by Gasteiger charge is 2.57. The monoisotopic (exact) mass is 301 g/mol. The van der Waals surface area contributed by atoms with E-state index in [-0.39, 0.29) is 11.8 Å². The molecule has 1 atom stereocenters. The van der Waals surface area contributed by atoms with E-state index in [1.807, 2.05) is 30.3 Å². The average molecular weight is 302 g/mol. The fraction of sp³-hybridized carbons (Fsp3) is 0.500. The maximum absolute atomic E-state index is 11.9. The molecule has 0 saturated heterocycles. The number of benzene rings is 1. The highest BCUT2D eigenvalue weighted by molar-refractivity contribution is 6.52. The van der Waals surface area contributed by atoms with Crippen LogP contribution in [0.1, 0.15) is 12.8 Å². The molecule has 1 aliphatic rings. The van der Waals surface area contributed by atoms with Gasteiger partial charge in [0.05, 0.1) is 12.5 Å². The van der Waals surface area contributed by atoms with Crippen LogP contribution >= 0.6 is 23.2 Å². The second kappa shape index (κ2) is 6.02. The van der Waals surface area contributed by atoms with Gasteiger partial charge in [-0.25, -0.2) is 0 Å². The van der Waals surface area contributed by atoms with Crippen molar-refractivity contribution in [1.29, 1.82) is 0 Å². The predicted molar refractivity (Wildman–Crippen MR) is 76.7 cm³/mol. The van der Waals surface area contributed by atoms with Gasteiger partial charge in [-0.15, -0.1) is 23.2 Å². The summed E-state index contributed by atoms with van der Waals surface area (Å²) >= 11 is 11.8. The van der Waals surface area contributed by atoms with Crippen LogP contribution in [0.15, 0.2) is 30.3 Å². The van der Waals surface area contributed by atoms with Crippen LogP contribution in [0.2, 0.25) is 0 Å². The summed E-state index contributed by atoms with van der Waals surface area (Å²) in [7, 11) is 1.77. The molecule has 0 N–H and O–H groups in total. The van der Waals surface area contributed by atoms with Gasteiger partial charge in [-0.3, -0.25) is 4.79 Å². The molecule has 0 spiro atoms. The van der Waals surface area contributed by atoms with Gasteiger partial charge >= 0.3 is 0 Å². The first-order valence-electron chi connectivity index (χ1n) is 6.31. The van der Waals surface area contributed by atoms with Gasteiger partial charge in [0.2, 0.25) is 5.91 Å². The van der Waals surface area contributed by atoms with Gasteiger partial charge < -0.3 is 9.64 Å². The van der Waals surface area contributed by atoms with Crippen LogP contribution in [0.5, 0.6) is 5.75 Å². The van der Waals surface area contributed by atoms with E-state index < -0.39 is 4.33 Å². The number of alkyl halides is 2. The minimum Gasteiger partial charge on any atom is -0.494 e. The molecule has 19 heavy (non-hydrogen) atoms. The summed E-state index contributed by atoms with van der Waals surface area (Å²) in [6.45, 7) is 1.23. The number of nitrogens with zero attached hydrogens (tertiary/aromatic N) is 1. The third kappa shape index (κ3) is 4.02.